The number of benzene rings is 2. The average Bonchev–Trinajstić information content (AvgIpc) is 3.68. The monoisotopic (exact) mass is 607 g/mol. The van der Waals surface area contributed by atoms with E-state index in [1.54, 1.807) is 30.3 Å². The number of furan rings is 1. The van der Waals surface area contributed by atoms with Crippen LogP contribution < -0.4 is 4.74 Å². The number of fused-ring (bicyclic) bond motifs is 2. The Morgan fingerprint density at radius 1 is 1.21 bits per heavy atom. The van der Waals surface area contributed by atoms with Gasteiger partial charge in [0.05, 0.1) is 40.0 Å². The molecule has 216 valence electrons. The molecule has 42 heavy (non-hydrogen) atoms. The van der Waals surface area contributed by atoms with Crippen LogP contribution in [0.1, 0.15) is 53.1 Å². The number of allylic oxidation sites excluding steroid dienone is 2. The van der Waals surface area contributed by atoms with Gasteiger partial charge in [-0.15, -0.1) is 0 Å². The van der Waals surface area contributed by atoms with Gasteiger partial charge in [0.25, 0.3) is 11.2 Å². The Balaban J connectivity index is 1.03. The number of halogens is 2. The van der Waals surface area contributed by atoms with Gasteiger partial charge in [-0.25, -0.2) is 14.8 Å². The third-order valence-electron chi connectivity index (χ3n) is 8.09. The van der Waals surface area contributed by atoms with E-state index in [1.165, 1.54) is 23.0 Å². The van der Waals surface area contributed by atoms with E-state index < -0.39 is 12.0 Å². The molecule has 4 heterocycles. The average molecular weight is 608 g/mol. The van der Waals surface area contributed by atoms with Gasteiger partial charge in [0.15, 0.2) is 0 Å². The van der Waals surface area contributed by atoms with Crippen molar-refractivity contribution in [2.75, 3.05) is 6.61 Å². The van der Waals surface area contributed by atoms with Crippen LogP contribution in [-0.2, 0) is 24.3 Å². The first kappa shape index (κ1) is 27.1. The largest absolute Gasteiger partial charge is 0.478 e. The first-order chi connectivity index (χ1) is 20.4. The van der Waals surface area contributed by atoms with Crippen molar-refractivity contribution in [2.45, 2.75) is 51.4 Å². The summed E-state index contributed by atoms with van der Waals surface area (Å²) in [5.74, 6) is 0.449. The van der Waals surface area contributed by atoms with Crippen LogP contribution in [0.4, 0.5) is 4.39 Å². The van der Waals surface area contributed by atoms with E-state index in [0.717, 1.165) is 61.3 Å². The fourth-order valence-electron chi connectivity index (χ4n) is 5.70. The predicted octanol–water partition coefficient (Wildman–Crippen LogP) is 7.52. The van der Waals surface area contributed by atoms with Crippen LogP contribution in [0.3, 0.4) is 0 Å². The number of carbonyl (C=O) groups is 1. The van der Waals surface area contributed by atoms with Crippen molar-refractivity contribution in [1.82, 2.24) is 14.5 Å². The van der Waals surface area contributed by atoms with Crippen LogP contribution in [0.2, 0.25) is 5.02 Å². The smallest absolute Gasteiger partial charge is 0.335 e. The molecule has 0 spiro atoms. The molecule has 1 N–H and O–H groups in total. The molecule has 2 aromatic carbocycles. The summed E-state index contributed by atoms with van der Waals surface area (Å²) >= 11 is 7.59. The van der Waals surface area contributed by atoms with E-state index in [9.17, 15) is 14.3 Å². The number of hydrogen-bond donors (Lipinski definition) is 1. The molecule has 1 fully saturated rings. The van der Waals surface area contributed by atoms with Crippen LogP contribution in [-0.4, -0.2) is 38.3 Å². The molecular formula is C31H27ClFN3O5S. The highest BCUT2D eigenvalue weighted by atomic mass is 35.5. The Morgan fingerprint density at radius 2 is 2.10 bits per heavy atom. The molecular weight excluding hydrogens is 581 g/mol. The molecule has 8 nitrogen and oxygen atoms in total. The quantitative estimate of drug-likeness (QED) is 0.185. The maximum Gasteiger partial charge on any atom is 0.335 e. The number of rotatable bonds is 9. The lowest BCUT2D eigenvalue weighted by Crippen LogP contribution is -2.32. The zero-order chi connectivity index (χ0) is 28.8. The highest BCUT2D eigenvalue weighted by Gasteiger charge is 2.25. The lowest BCUT2D eigenvalue weighted by Gasteiger charge is -2.28. The third-order valence-corrected chi connectivity index (χ3v) is 9.17. The van der Waals surface area contributed by atoms with Gasteiger partial charge < -0.3 is 23.6 Å². The number of thiazole rings is 1. The molecule has 5 aromatic rings. The maximum atomic E-state index is 13.7. The molecule has 2 aliphatic rings. The van der Waals surface area contributed by atoms with Crippen LogP contribution in [0, 0.1) is 11.9 Å². The molecule has 1 aliphatic carbocycles. The van der Waals surface area contributed by atoms with Crippen LogP contribution in [0.15, 0.2) is 52.3 Å². The second-order valence-electron chi connectivity index (χ2n) is 10.8. The van der Waals surface area contributed by atoms with Gasteiger partial charge in [-0.3, -0.25) is 0 Å². The van der Waals surface area contributed by atoms with Gasteiger partial charge in [0.2, 0.25) is 0 Å². The van der Waals surface area contributed by atoms with Crippen molar-refractivity contribution >= 4 is 56.5 Å². The lowest BCUT2D eigenvalue weighted by molar-refractivity contribution is -0.0590. The zero-order valence-corrected chi connectivity index (χ0v) is 24.1. The highest BCUT2D eigenvalue weighted by molar-refractivity contribution is 7.11. The van der Waals surface area contributed by atoms with Crippen LogP contribution >= 0.6 is 22.9 Å². The SMILES string of the molecule is O=C(O)c1ccc2nc(CC3CC=C(c4csc(OCc5ccc(Cl)c6cc(F)oc56)n4)CC3)n(C[C@@H]3CCO3)c2c1. The third kappa shape index (κ3) is 5.30. The number of aromatic nitrogens is 3. The molecule has 1 aliphatic heterocycles. The van der Waals surface area contributed by atoms with Crippen molar-refractivity contribution in [3.63, 3.8) is 0 Å². The van der Waals surface area contributed by atoms with Crippen LogP contribution in [0.25, 0.3) is 27.6 Å². The van der Waals surface area contributed by atoms with Crippen molar-refractivity contribution in [3.8, 4) is 5.19 Å². The number of ether oxygens (including phenoxy) is 2. The van der Waals surface area contributed by atoms with E-state index >= 15 is 0 Å². The van der Waals surface area contributed by atoms with Gasteiger partial charge in [0, 0.05) is 35.4 Å². The first-order valence-corrected chi connectivity index (χ1v) is 15.2. The summed E-state index contributed by atoms with van der Waals surface area (Å²) in [5, 5.41) is 13.0. The van der Waals surface area contributed by atoms with E-state index in [1.807, 2.05) is 5.38 Å². The number of aromatic carboxylic acids is 1. The summed E-state index contributed by atoms with van der Waals surface area (Å²) in [6, 6.07) is 9.19. The molecule has 0 amide bonds. The van der Waals surface area contributed by atoms with E-state index in [0.29, 0.717) is 39.2 Å². The number of carboxylic acid groups (broad SMARTS) is 1. The molecule has 0 bridgehead atoms. The van der Waals surface area contributed by atoms with Gasteiger partial charge in [-0.05, 0) is 61.4 Å². The normalized spacial score (nSPS) is 18.8. The summed E-state index contributed by atoms with van der Waals surface area (Å²) in [4.78, 5) is 21.2. The van der Waals surface area contributed by atoms with E-state index in [2.05, 4.69) is 10.6 Å². The first-order valence-electron chi connectivity index (χ1n) is 13.9. The van der Waals surface area contributed by atoms with Crippen molar-refractivity contribution < 1.29 is 28.2 Å². The minimum Gasteiger partial charge on any atom is -0.478 e. The summed E-state index contributed by atoms with van der Waals surface area (Å²) in [6.45, 7) is 1.64. The molecule has 1 unspecified atom stereocenters. The highest BCUT2D eigenvalue weighted by Crippen LogP contribution is 2.35. The fraction of sp³-hybridized carbons (Fsp3) is 0.323. The summed E-state index contributed by atoms with van der Waals surface area (Å²) in [7, 11) is 0. The number of nitrogens with zero attached hydrogens (tertiary/aromatic N) is 3. The molecule has 3 aromatic heterocycles. The maximum absolute atomic E-state index is 13.7. The zero-order valence-electron chi connectivity index (χ0n) is 22.5. The molecule has 1 saturated heterocycles. The summed E-state index contributed by atoms with van der Waals surface area (Å²) in [6.07, 6.45) is 6.99. The van der Waals surface area contributed by atoms with Gasteiger partial charge in [-0.2, -0.15) is 4.39 Å². The van der Waals surface area contributed by atoms with Gasteiger partial charge in [-0.1, -0.05) is 35.1 Å². The standard InChI is InChI=1S/C31H27ClFN3O5S/c32-23-7-5-20(29-22(23)13-27(33)41-29)15-40-31-35-25(16-42-31)18-3-1-17(2-4-18)11-28-34-24-8-6-19(30(37)38)12-26(24)36(28)14-21-9-10-39-21/h3,5-8,12-13,16-17,21H,1-2,4,9-11,14-15H2,(H,37,38)/t17?,21-/m0/s1. The molecule has 11 heteroatoms. The summed E-state index contributed by atoms with van der Waals surface area (Å²) < 4.78 is 32.6. The lowest BCUT2D eigenvalue weighted by atomic mass is 9.86. The van der Waals surface area contributed by atoms with Crippen LogP contribution in [0.5, 0.6) is 5.19 Å². The Morgan fingerprint density at radius 3 is 2.86 bits per heavy atom. The van der Waals surface area contributed by atoms with E-state index in [4.69, 9.17) is 35.5 Å². The second kappa shape index (κ2) is 11.2. The predicted molar refractivity (Wildman–Crippen MR) is 158 cm³/mol. The number of carboxylic acids is 1. The van der Waals surface area contributed by atoms with Gasteiger partial charge in [0.1, 0.15) is 18.0 Å². The fourth-order valence-corrected chi connectivity index (χ4v) is 6.60. The summed E-state index contributed by atoms with van der Waals surface area (Å²) in [5.41, 5.74) is 5.11. The molecule has 0 saturated carbocycles. The topological polar surface area (TPSA) is 99.6 Å². The van der Waals surface area contributed by atoms with E-state index in [-0.39, 0.29) is 18.3 Å². The number of imidazole rings is 1. The van der Waals surface area contributed by atoms with Crippen molar-refractivity contribution in [1.29, 1.82) is 0 Å². The minimum absolute atomic E-state index is 0.138. The Hall–Kier alpha value is -3.73. The number of hydrogen-bond acceptors (Lipinski definition) is 7. The Bertz CT molecular complexity index is 1840. The Kier molecular flexibility index (Phi) is 7.21. The molecule has 2 atom stereocenters. The van der Waals surface area contributed by atoms with Gasteiger partial charge >= 0.3 is 5.97 Å². The van der Waals surface area contributed by atoms with Crippen molar-refractivity contribution in [3.05, 3.63) is 81.5 Å². The molecule has 7 rings (SSSR count). The minimum atomic E-state index is -0.943. The second-order valence-corrected chi connectivity index (χ2v) is 12.0. The Labute approximate surface area is 249 Å². The molecule has 0 radical (unpaired) electrons. The van der Waals surface area contributed by atoms with Crippen molar-refractivity contribution in [2.24, 2.45) is 5.92 Å².